The molecule has 0 aromatic heterocycles. The van der Waals surface area contributed by atoms with Gasteiger partial charge in [-0.1, -0.05) is 6.92 Å². The quantitative estimate of drug-likeness (QED) is 0.664. The minimum Gasteiger partial charge on any atom is -0.378 e. The van der Waals surface area contributed by atoms with Gasteiger partial charge in [-0.2, -0.15) is 0 Å². The van der Waals surface area contributed by atoms with Gasteiger partial charge in [0.05, 0.1) is 11.9 Å². The summed E-state index contributed by atoms with van der Waals surface area (Å²) in [5.41, 5.74) is 0. The Bertz CT molecular complexity index is 292. The van der Waals surface area contributed by atoms with Crippen LogP contribution in [-0.2, 0) is 14.8 Å². The highest BCUT2D eigenvalue weighted by atomic mass is 32.2. The standard InChI is InChI=1S/C10H22N2O3S/c1-3-10-9(4-6-15-10)8-12-16(13,14)7-5-11-2/h9-12H,3-8H2,1-2H3. The summed E-state index contributed by atoms with van der Waals surface area (Å²) in [6.45, 7) is 3.80. The molecule has 2 atom stereocenters. The molecule has 0 radical (unpaired) electrons. The van der Waals surface area contributed by atoms with Crippen molar-refractivity contribution in [1.29, 1.82) is 0 Å². The van der Waals surface area contributed by atoms with Crippen LogP contribution in [0.2, 0.25) is 0 Å². The van der Waals surface area contributed by atoms with E-state index in [1.54, 1.807) is 7.05 Å². The second kappa shape index (κ2) is 6.54. The molecule has 2 N–H and O–H groups in total. The molecular weight excluding hydrogens is 228 g/mol. The molecule has 0 aromatic rings. The van der Waals surface area contributed by atoms with E-state index in [1.807, 2.05) is 0 Å². The topological polar surface area (TPSA) is 67.4 Å². The van der Waals surface area contributed by atoms with Crippen LogP contribution in [0.25, 0.3) is 0 Å². The molecule has 0 aliphatic carbocycles. The summed E-state index contributed by atoms with van der Waals surface area (Å²) in [6, 6.07) is 0. The van der Waals surface area contributed by atoms with Crippen molar-refractivity contribution in [2.24, 2.45) is 5.92 Å². The van der Waals surface area contributed by atoms with Crippen molar-refractivity contribution < 1.29 is 13.2 Å². The second-order valence-electron chi connectivity index (χ2n) is 4.14. The maximum Gasteiger partial charge on any atom is 0.212 e. The molecule has 6 heteroatoms. The smallest absolute Gasteiger partial charge is 0.212 e. The number of hydrogen-bond donors (Lipinski definition) is 2. The third-order valence-corrected chi connectivity index (χ3v) is 4.28. The highest BCUT2D eigenvalue weighted by molar-refractivity contribution is 7.89. The number of rotatable bonds is 7. The van der Waals surface area contributed by atoms with Gasteiger partial charge in [0.15, 0.2) is 0 Å². The van der Waals surface area contributed by atoms with E-state index in [2.05, 4.69) is 17.0 Å². The molecular formula is C10H22N2O3S. The van der Waals surface area contributed by atoms with E-state index in [4.69, 9.17) is 4.74 Å². The first-order valence-corrected chi connectivity index (χ1v) is 7.48. The lowest BCUT2D eigenvalue weighted by Gasteiger charge is -2.17. The van der Waals surface area contributed by atoms with Crippen molar-refractivity contribution in [2.75, 3.05) is 32.5 Å². The minimum atomic E-state index is -3.13. The molecule has 1 rings (SSSR count). The molecule has 2 unspecified atom stereocenters. The average molecular weight is 250 g/mol. The van der Waals surface area contributed by atoms with Gasteiger partial charge in [0.2, 0.25) is 10.0 Å². The lowest BCUT2D eigenvalue weighted by molar-refractivity contribution is 0.0884. The van der Waals surface area contributed by atoms with E-state index in [0.717, 1.165) is 19.4 Å². The highest BCUT2D eigenvalue weighted by Crippen LogP contribution is 2.22. The predicted molar refractivity (Wildman–Crippen MR) is 63.9 cm³/mol. The Morgan fingerprint density at radius 1 is 1.44 bits per heavy atom. The van der Waals surface area contributed by atoms with Crippen LogP contribution in [0.5, 0.6) is 0 Å². The van der Waals surface area contributed by atoms with Crippen molar-refractivity contribution in [1.82, 2.24) is 10.0 Å². The van der Waals surface area contributed by atoms with Gasteiger partial charge >= 0.3 is 0 Å². The minimum absolute atomic E-state index is 0.133. The normalized spacial score (nSPS) is 26.1. The Morgan fingerprint density at radius 3 is 2.81 bits per heavy atom. The monoisotopic (exact) mass is 250 g/mol. The zero-order chi connectivity index (χ0) is 12.0. The van der Waals surface area contributed by atoms with Crippen LogP contribution < -0.4 is 10.0 Å². The summed E-state index contributed by atoms with van der Waals surface area (Å²) in [7, 11) is -1.39. The second-order valence-corrected chi connectivity index (χ2v) is 6.06. The molecule has 0 saturated carbocycles. The molecule has 1 aliphatic rings. The van der Waals surface area contributed by atoms with Crippen LogP contribution in [0, 0.1) is 5.92 Å². The van der Waals surface area contributed by atoms with E-state index in [1.165, 1.54) is 0 Å². The van der Waals surface area contributed by atoms with Crippen LogP contribution >= 0.6 is 0 Å². The van der Waals surface area contributed by atoms with Crippen LogP contribution in [0.4, 0.5) is 0 Å². The van der Waals surface area contributed by atoms with Gasteiger partial charge in [0.25, 0.3) is 0 Å². The summed E-state index contributed by atoms with van der Waals surface area (Å²) in [5, 5.41) is 2.83. The van der Waals surface area contributed by atoms with Crippen LogP contribution in [0.1, 0.15) is 19.8 Å². The first-order valence-electron chi connectivity index (χ1n) is 5.82. The summed E-state index contributed by atoms with van der Waals surface area (Å²) >= 11 is 0. The van der Waals surface area contributed by atoms with Gasteiger partial charge in [-0.25, -0.2) is 13.1 Å². The largest absolute Gasteiger partial charge is 0.378 e. The Morgan fingerprint density at radius 2 is 2.19 bits per heavy atom. The third-order valence-electron chi connectivity index (χ3n) is 2.93. The maximum atomic E-state index is 11.5. The lowest BCUT2D eigenvalue weighted by atomic mass is 10.0. The van der Waals surface area contributed by atoms with E-state index in [0.29, 0.717) is 19.0 Å². The Balaban J connectivity index is 2.33. The number of ether oxygens (including phenoxy) is 1. The predicted octanol–water partition coefficient (Wildman–Crippen LogP) is -0.0597. The molecule has 0 amide bonds. The van der Waals surface area contributed by atoms with Crippen molar-refractivity contribution >= 4 is 10.0 Å². The fourth-order valence-electron chi connectivity index (χ4n) is 1.92. The van der Waals surface area contributed by atoms with Crippen molar-refractivity contribution in [2.45, 2.75) is 25.9 Å². The molecule has 0 aromatic carbocycles. The molecule has 1 heterocycles. The zero-order valence-electron chi connectivity index (χ0n) is 10.0. The van der Waals surface area contributed by atoms with E-state index < -0.39 is 10.0 Å². The first kappa shape index (κ1) is 13.9. The van der Waals surface area contributed by atoms with Gasteiger partial charge in [0.1, 0.15) is 0 Å². The number of nitrogens with one attached hydrogen (secondary N) is 2. The summed E-state index contributed by atoms with van der Waals surface area (Å²) in [4.78, 5) is 0. The van der Waals surface area contributed by atoms with E-state index in [-0.39, 0.29) is 11.9 Å². The maximum absolute atomic E-state index is 11.5. The molecule has 16 heavy (non-hydrogen) atoms. The van der Waals surface area contributed by atoms with Crippen LogP contribution in [-0.4, -0.2) is 47.0 Å². The summed E-state index contributed by atoms with van der Waals surface area (Å²) in [6.07, 6.45) is 2.11. The highest BCUT2D eigenvalue weighted by Gasteiger charge is 2.27. The molecule has 5 nitrogen and oxygen atoms in total. The lowest BCUT2D eigenvalue weighted by Crippen LogP contribution is -2.36. The molecule has 1 aliphatic heterocycles. The molecule has 1 fully saturated rings. The van der Waals surface area contributed by atoms with Crippen LogP contribution in [0.3, 0.4) is 0 Å². The molecule has 0 bridgehead atoms. The van der Waals surface area contributed by atoms with Crippen LogP contribution in [0.15, 0.2) is 0 Å². The fraction of sp³-hybridized carbons (Fsp3) is 1.00. The van der Waals surface area contributed by atoms with Crippen molar-refractivity contribution in [3.63, 3.8) is 0 Å². The van der Waals surface area contributed by atoms with Gasteiger partial charge in [-0.05, 0) is 19.9 Å². The third kappa shape index (κ3) is 4.37. The van der Waals surface area contributed by atoms with Gasteiger partial charge < -0.3 is 10.1 Å². The zero-order valence-corrected chi connectivity index (χ0v) is 10.8. The van der Waals surface area contributed by atoms with E-state index in [9.17, 15) is 8.42 Å². The van der Waals surface area contributed by atoms with Gasteiger partial charge in [-0.3, -0.25) is 0 Å². The van der Waals surface area contributed by atoms with Crippen molar-refractivity contribution in [3.8, 4) is 0 Å². The SMILES string of the molecule is CCC1OCCC1CNS(=O)(=O)CCNC. The first-order chi connectivity index (χ1) is 7.59. The number of sulfonamides is 1. The van der Waals surface area contributed by atoms with E-state index >= 15 is 0 Å². The Labute approximate surface area is 98.0 Å². The fourth-order valence-corrected chi connectivity index (χ4v) is 3.01. The Kier molecular flexibility index (Phi) is 5.68. The average Bonchev–Trinajstić information content (AvgIpc) is 2.71. The summed E-state index contributed by atoms with van der Waals surface area (Å²) < 4.78 is 31.3. The summed E-state index contributed by atoms with van der Waals surface area (Å²) in [5.74, 6) is 0.461. The Hall–Kier alpha value is -0.170. The molecule has 96 valence electrons. The molecule has 0 spiro atoms. The molecule has 1 saturated heterocycles. The van der Waals surface area contributed by atoms with Crippen molar-refractivity contribution in [3.05, 3.63) is 0 Å². The number of hydrogen-bond acceptors (Lipinski definition) is 4. The van der Waals surface area contributed by atoms with Gasteiger partial charge in [-0.15, -0.1) is 0 Å². The van der Waals surface area contributed by atoms with Gasteiger partial charge in [0, 0.05) is 25.6 Å².